The van der Waals surface area contributed by atoms with E-state index in [1.54, 1.807) is 6.07 Å². The van der Waals surface area contributed by atoms with Gasteiger partial charge in [-0.1, -0.05) is 19.9 Å². The molecular formula is C19H28FNO4. The predicted molar refractivity (Wildman–Crippen MR) is 93.5 cm³/mol. The molecule has 1 aromatic rings. The third kappa shape index (κ3) is 6.90. The third-order valence-corrected chi connectivity index (χ3v) is 4.17. The van der Waals surface area contributed by atoms with Crippen molar-refractivity contribution in [1.29, 1.82) is 0 Å². The largest absolute Gasteiger partial charge is 0.491 e. The summed E-state index contributed by atoms with van der Waals surface area (Å²) >= 11 is 0. The predicted octanol–water partition coefficient (Wildman–Crippen LogP) is 4.01. The van der Waals surface area contributed by atoms with Crippen molar-refractivity contribution in [2.45, 2.75) is 51.6 Å². The van der Waals surface area contributed by atoms with Crippen molar-refractivity contribution in [3.8, 4) is 5.75 Å². The van der Waals surface area contributed by atoms with Crippen LogP contribution in [0.15, 0.2) is 18.2 Å². The van der Waals surface area contributed by atoms with Crippen LogP contribution in [0.25, 0.3) is 0 Å². The molecule has 5 nitrogen and oxygen atoms in total. The zero-order chi connectivity index (χ0) is 18.1. The van der Waals surface area contributed by atoms with Gasteiger partial charge in [0.2, 0.25) is 0 Å². The maximum absolute atomic E-state index is 13.3. The van der Waals surface area contributed by atoms with Gasteiger partial charge in [0.1, 0.15) is 24.3 Å². The maximum Gasteiger partial charge on any atom is 0.407 e. The Morgan fingerprint density at radius 2 is 2.00 bits per heavy atom. The number of hydrogen-bond acceptors (Lipinski definition) is 4. The van der Waals surface area contributed by atoms with E-state index in [2.05, 4.69) is 5.32 Å². The second kappa shape index (κ2) is 10.2. The summed E-state index contributed by atoms with van der Waals surface area (Å²) in [7, 11) is 0. The maximum atomic E-state index is 13.3. The Bertz CT molecular complexity index is 544. The lowest BCUT2D eigenvalue weighted by molar-refractivity contribution is 0.0855. The van der Waals surface area contributed by atoms with Gasteiger partial charge >= 0.3 is 6.09 Å². The van der Waals surface area contributed by atoms with Crippen LogP contribution in [-0.4, -0.2) is 38.6 Å². The molecule has 0 atom stereocenters. The van der Waals surface area contributed by atoms with Gasteiger partial charge in [0, 0.05) is 12.6 Å². The molecule has 0 radical (unpaired) electrons. The average Bonchev–Trinajstić information content (AvgIpc) is 3.06. The van der Waals surface area contributed by atoms with E-state index < -0.39 is 0 Å². The minimum absolute atomic E-state index is 0.0655. The van der Waals surface area contributed by atoms with E-state index in [1.165, 1.54) is 12.1 Å². The highest BCUT2D eigenvalue weighted by atomic mass is 19.1. The van der Waals surface area contributed by atoms with E-state index in [9.17, 15) is 9.18 Å². The second-order valence-corrected chi connectivity index (χ2v) is 6.54. The number of hydrogen-bond donors (Lipinski definition) is 1. The molecule has 1 amide bonds. The minimum atomic E-state index is -0.381. The molecule has 0 unspecified atom stereocenters. The lowest BCUT2D eigenvalue weighted by Crippen LogP contribution is -2.31. The number of amides is 1. The lowest BCUT2D eigenvalue weighted by Gasteiger charge is -2.14. The van der Waals surface area contributed by atoms with E-state index in [-0.39, 0.29) is 23.9 Å². The average molecular weight is 353 g/mol. The van der Waals surface area contributed by atoms with Crippen molar-refractivity contribution in [2.24, 2.45) is 0 Å². The molecule has 1 aromatic carbocycles. The SMILES string of the molecule is CC(C)c1ccc(F)cc1OCCOCCNC(=O)OC1CCCC1. The quantitative estimate of drug-likeness (QED) is 0.682. The van der Waals surface area contributed by atoms with Crippen LogP contribution in [0.5, 0.6) is 5.75 Å². The zero-order valence-electron chi connectivity index (χ0n) is 15.1. The second-order valence-electron chi connectivity index (χ2n) is 6.54. The van der Waals surface area contributed by atoms with E-state index in [0.29, 0.717) is 32.1 Å². The standard InChI is InChI=1S/C19H28FNO4/c1-14(2)17-8-7-15(20)13-18(17)24-12-11-23-10-9-21-19(22)25-16-5-3-4-6-16/h7-8,13-14,16H,3-6,9-12H2,1-2H3,(H,21,22). The number of rotatable bonds is 9. The summed E-state index contributed by atoms with van der Waals surface area (Å²) in [6.07, 6.45) is 3.86. The van der Waals surface area contributed by atoms with E-state index >= 15 is 0 Å². The number of halogens is 1. The van der Waals surface area contributed by atoms with Crippen LogP contribution < -0.4 is 10.1 Å². The Kier molecular flexibility index (Phi) is 7.98. The van der Waals surface area contributed by atoms with E-state index in [0.717, 1.165) is 31.2 Å². The molecule has 0 aromatic heterocycles. The summed E-state index contributed by atoms with van der Waals surface area (Å²) in [5.41, 5.74) is 0.970. The molecule has 1 fully saturated rings. The summed E-state index contributed by atoms with van der Waals surface area (Å²) < 4.78 is 29.7. The molecule has 0 aliphatic heterocycles. The van der Waals surface area contributed by atoms with Crippen LogP contribution in [-0.2, 0) is 9.47 Å². The summed E-state index contributed by atoms with van der Waals surface area (Å²) in [5.74, 6) is 0.494. The van der Waals surface area contributed by atoms with Gasteiger partial charge in [-0.05, 0) is 43.2 Å². The van der Waals surface area contributed by atoms with Crippen molar-refractivity contribution in [3.63, 3.8) is 0 Å². The molecular weight excluding hydrogens is 325 g/mol. The van der Waals surface area contributed by atoms with Crippen molar-refractivity contribution in [3.05, 3.63) is 29.6 Å². The van der Waals surface area contributed by atoms with Crippen LogP contribution in [0, 0.1) is 5.82 Å². The number of ether oxygens (including phenoxy) is 3. The normalized spacial score (nSPS) is 14.7. The molecule has 0 bridgehead atoms. The van der Waals surface area contributed by atoms with Gasteiger partial charge in [-0.25, -0.2) is 9.18 Å². The molecule has 0 heterocycles. The highest BCUT2D eigenvalue weighted by Gasteiger charge is 2.18. The number of carbonyl (C=O) groups is 1. The topological polar surface area (TPSA) is 56.8 Å². The molecule has 140 valence electrons. The van der Waals surface area contributed by atoms with Gasteiger partial charge in [0.25, 0.3) is 0 Å². The first-order valence-electron chi connectivity index (χ1n) is 9.00. The van der Waals surface area contributed by atoms with Crippen LogP contribution >= 0.6 is 0 Å². The molecule has 1 aliphatic rings. The van der Waals surface area contributed by atoms with Gasteiger partial charge in [0.05, 0.1) is 13.2 Å². The molecule has 6 heteroatoms. The van der Waals surface area contributed by atoms with Crippen molar-refractivity contribution in [2.75, 3.05) is 26.4 Å². The van der Waals surface area contributed by atoms with Crippen molar-refractivity contribution < 1.29 is 23.4 Å². The van der Waals surface area contributed by atoms with Crippen LogP contribution in [0.1, 0.15) is 51.0 Å². The van der Waals surface area contributed by atoms with Gasteiger partial charge in [-0.15, -0.1) is 0 Å². The minimum Gasteiger partial charge on any atom is -0.491 e. The Labute approximate surface area is 148 Å². The fourth-order valence-electron chi connectivity index (χ4n) is 2.85. The first-order valence-corrected chi connectivity index (χ1v) is 9.00. The van der Waals surface area contributed by atoms with Gasteiger partial charge in [-0.2, -0.15) is 0 Å². The molecule has 2 rings (SSSR count). The van der Waals surface area contributed by atoms with Crippen LogP contribution in [0.2, 0.25) is 0 Å². The number of benzene rings is 1. The summed E-state index contributed by atoms with van der Waals surface area (Å²) in [6.45, 7) is 5.54. The number of carbonyl (C=O) groups excluding carboxylic acids is 1. The molecule has 0 spiro atoms. The number of alkyl carbamates (subject to hydrolysis) is 1. The summed E-state index contributed by atoms with van der Waals surface area (Å²) in [4.78, 5) is 11.6. The van der Waals surface area contributed by atoms with E-state index in [1.807, 2.05) is 13.8 Å². The monoisotopic (exact) mass is 353 g/mol. The molecule has 1 saturated carbocycles. The highest BCUT2D eigenvalue weighted by molar-refractivity contribution is 5.67. The van der Waals surface area contributed by atoms with Crippen molar-refractivity contribution >= 4 is 6.09 Å². The van der Waals surface area contributed by atoms with Crippen LogP contribution in [0.3, 0.4) is 0 Å². The number of nitrogens with one attached hydrogen (secondary N) is 1. The summed E-state index contributed by atoms with van der Waals surface area (Å²) in [5, 5.41) is 2.67. The fourth-order valence-corrected chi connectivity index (χ4v) is 2.85. The highest BCUT2D eigenvalue weighted by Crippen LogP contribution is 2.27. The van der Waals surface area contributed by atoms with Crippen molar-refractivity contribution in [1.82, 2.24) is 5.32 Å². The Balaban J connectivity index is 1.56. The van der Waals surface area contributed by atoms with Gasteiger partial charge in [-0.3, -0.25) is 0 Å². The molecule has 25 heavy (non-hydrogen) atoms. The molecule has 1 aliphatic carbocycles. The molecule has 1 N–H and O–H groups in total. The Morgan fingerprint density at radius 1 is 1.24 bits per heavy atom. The smallest absolute Gasteiger partial charge is 0.407 e. The molecule has 0 saturated heterocycles. The first kappa shape index (κ1) is 19.5. The third-order valence-electron chi connectivity index (χ3n) is 4.17. The van der Waals surface area contributed by atoms with E-state index in [4.69, 9.17) is 14.2 Å². The van der Waals surface area contributed by atoms with Gasteiger partial charge < -0.3 is 19.5 Å². The van der Waals surface area contributed by atoms with Gasteiger partial charge in [0.15, 0.2) is 0 Å². The Morgan fingerprint density at radius 3 is 2.72 bits per heavy atom. The first-order chi connectivity index (χ1) is 12.1. The summed E-state index contributed by atoms with van der Waals surface area (Å²) in [6, 6.07) is 4.58. The fraction of sp³-hybridized carbons (Fsp3) is 0.632. The lowest BCUT2D eigenvalue weighted by atomic mass is 10.0. The van der Waals surface area contributed by atoms with Crippen LogP contribution in [0.4, 0.5) is 9.18 Å². The Hall–Kier alpha value is -1.82. The zero-order valence-corrected chi connectivity index (χ0v) is 15.1.